The highest BCUT2D eigenvalue weighted by Gasteiger charge is 2.15. The first-order valence-electron chi connectivity index (χ1n) is 6.11. The Kier molecular flexibility index (Phi) is 8.53. The maximum Gasteiger partial charge on any atom is 0.355 e. The Bertz CT molecular complexity index is 506. The normalized spacial score (nSPS) is 9.27. The smallest absolute Gasteiger partial charge is 0.355 e. The topological polar surface area (TPSA) is 162 Å². The molecule has 0 aromatic carbocycles. The highest BCUT2D eigenvalue weighted by Crippen LogP contribution is 2.04. The SMILES string of the molecule is O=C(O)CCCCC(=O)O.O=C(O)c1cccnc1C(=O)O. The van der Waals surface area contributed by atoms with Crippen molar-refractivity contribution in [2.75, 3.05) is 0 Å². The molecule has 9 nitrogen and oxygen atoms in total. The number of aromatic carboxylic acids is 2. The number of carboxylic acid groups (broad SMARTS) is 4. The van der Waals surface area contributed by atoms with Gasteiger partial charge in [-0.15, -0.1) is 0 Å². The van der Waals surface area contributed by atoms with E-state index in [0.29, 0.717) is 12.8 Å². The summed E-state index contributed by atoms with van der Waals surface area (Å²) in [7, 11) is 0. The molecule has 0 saturated heterocycles. The van der Waals surface area contributed by atoms with Crippen molar-refractivity contribution in [1.29, 1.82) is 0 Å². The minimum absolute atomic E-state index is 0.0628. The molecule has 0 radical (unpaired) electrons. The number of carboxylic acids is 4. The Hall–Kier alpha value is -2.97. The average Bonchev–Trinajstić information content (AvgIpc) is 2.44. The number of rotatable bonds is 7. The van der Waals surface area contributed by atoms with E-state index in [0.717, 1.165) is 0 Å². The summed E-state index contributed by atoms with van der Waals surface area (Å²) < 4.78 is 0. The number of aliphatic carboxylic acids is 2. The Morgan fingerprint density at radius 2 is 1.36 bits per heavy atom. The van der Waals surface area contributed by atoms with Crippen LogP contribution in [0.1, 0.15) is 46.5 Å². The number of hydrogen-bond donors (Lipinski definition) is 4. The standard InChI is InChI=1S/C7H5NO4.C6H10O4/c9-6(10)4-2-1-3-8-5(4)7(11)12;7-5(8)3-1-2-4-6(9)10/h1-3H,(H,9,10)(H,11,12);1-4H2,(H,7,8)(H,9,10). The van der Waals surface area contributed by atoms with Gasteiger partial charge in [0.25, 0.3) is 0 Å². The molecule has 22 heavy (non-hydrogen) atoms. The van der Waals surface area contributed by atoms with Crippen LogP contribution in [-0.2, 0) is 9.59 Å². The molecule has 9 heteroatoms. The zero-order chi connectivity index (χ0) is 17.1. The first kappa shape index (κ1) is 19.0. The molecule has 0 aliphatic carbocycles. The van der Waals surface area contributed by atoms with Gasteiger partial charge in [-0.1, -0.05) is 0 Å². The molecule has 0 atom stereocenters. The van der Waals surface area contributed by atoms with Crippen molar-refractivity contribution in [3.8, 4) is 0 Å². The second kappa shape index (κ2) is 9.86. The maximum absolute atomic E-state index is 10.4. The third-order valence-corrected chi connectivity index (χ3v) is 2.27. The monoisotopic (exact) mass is 313 g/mol. The molecule has 1 aromatic rings. The van der Waals surface area contributed by atoms with Crippen LogP contribution in [0.2, 0.25) is 0 Å². The van der Waals surface area contributed by atoms with Crippen LogP contribution in [0.3, 0.4) is 0 Å². The van der Waals surface area contributed by atoms with Crippen molar-refractivity contribution < 1.29 is 39.6 Å². The van der Waals surface area contributed by atoms with E-state index in [9.17, 15) is 19.2 Å². The first-order chi connectivity index (χ1) is 10.3. The van der Waals surface area contributed by atoms with Gasteiger partial charge in [-0.25, -0.2) is 14.6 Å². The van der Waals surface area contributed by atoms with Crippen LogP contribution in [0.15, 0.2) is 18.3 Å². The fraction of sp³-hybridized carbons (Fsp3) is 0.308. The molecule has 1 rings (SSSR count). The van der Waals surface area contributed by atoms with E-state index >= 15 is 0 Å². The molecule has 0 saturated carbocycles. The lowest BCUT2D eigenvalue weighted by atomic mass is 10.2. The van der Waals surface area contributed by atoms with Gasteiger partial charge in [-0.3, -0.25) is 9.59 Å². The largest absolute Gasteiger partial charge is 0.481 e. The van der Waals surface area contributed by atoms with E-state index in [2.05, 4.69) is 4.98 Å². The number of aromatic nitrogens is 1. The predicted molar refractivity (Wildman–Crippen MR) is 71.9 cm³/mol. The molecule has 0 unspecified atom stereocenters. The molecule has 1 aromatic heterocycles. The van der Waals surface area contributed by atoms with E-state index in [1.165, 1.54) is 18.3 Å². The van der Waals surface area contributed by atoms with E-state index < -0.39 is 29.6 Å². The average molecular weight is 313 g/mol. The third-order valence-electron chi connectivity index (χ3n) is 2.27. The molecule has 120 valence electrons. The van der Waals surface area contributed by atoms with E-state index in [1.54, 1.807) is 0 Å². The van der Waals surface area contributed by atoms with Crippen LogP contribution >= 0.6 is 0 Å². The first-order valence-corrected chi connectivity index (χ1v) is 6.11. The van der Waals surface area contributed by atoms with Crippen molar-refractivity contribution in [3.63, 3.8) is 0 Å². The number of hydrogen-bond acceptors (Lipinski definition) is 5. The zero-order valence-electron chi connectivity index (χ0n) is 11.4. The molecule has 0 amide bonds. The van der Waals surface area contributed by atoms with E-state index in [4.69, 9.17) is 20.4 Å². The molecule has 0 aliphatic heterocycles. The van der Waals surface area contributed by atoms with Gasteiger partial charge in [-0.2, -0.15) is 0 Å². The van der Waals surface area contributed by atoms with Gasteiger partial charge in [0.15, 0.2) is 5.69 Å². The zero-order valence-corrected chi connectivity index (χ0v) is 11.4. The van der Waals surface area contributed by atoms with Gasteiger partial charge in [0.05, 0.1) is 5.56 Å². The van der Waals surface area contributed by atoms with Crippen LogP contribution in [0.4, 0.5) is 0 Å². The van der Waals surface area contributed by atoms with Crippen molar-refractivity contribution in [3.05, 3.63) is 29.6 Å². The Morgan fingerprint density at radius 1 is 0.864 bits per heavy atom. The Morgan fingerprint density at radius 3 is 1.68 bits per heavy atom. The van der Waals surface area contributed by atoms with Crippen molar-refractivity contribution in [2.45, 2.75) is 25.7 Å². The van der Waals surface area contributed by atoms with Crippen molar-refractivity contribution in [2.24, 2.45) is 0 Å². The summed E-state index contributed by atoms with van der Waals surface area (Å²) in [5.41, 5.74) is -0.741. The summed E-state index contributed by atoms with van der Waals surface area (Å²) in [6, 6.07) is 2.56. The second-order valence-electron chi connectivity index (χ2n) is 4.00. The summed E-state index contributed by atoms with van der Waals surface area (Å²) in [4.78, 5) is 44.0. The second-order valence-corrected chi connectivity index (χ2v) is 4.00. The van der Waals surface area contributed by atoms with Crippen LogP contribution in [-0.4, -0.2) is 49.3 Å². The lowest BCUT2D eigenvalue weighted by Gasteiger charge is -1.97. The molecule has 0 fully saturated rings. The molecule has 0 bridgehead atoms. The van der Waals surface area contributed by atoms with Gasteiger partial charge in [-0.05, 0) is 25.0 Å². The quantitative estimate of drug-likeness (QED) is 0.541. The summed E-state index contributed by atoms with van der Waals surface area (Å²) in [6.07, 6.45) is 2.25. The molecular weight excluding hydrogens is 298 g/mol. The number of pyridine rings is 1. The highest BCUT2D eigenvalue weighted by molar-refractivity contribution is 6.00. The van der Waals surface area contributed by atoms with E-state index in [-0.39, 0.29) is 18.4 Å². The van der Waals surface area contributed by atoms with Gasteiger partial charge in [0, 0.05) is 19.0 Å². The van der Waals surface area contributed by atoms with Gasteiger partial charge < -0.3 is 20.4 Å². The lowest BCUT2D eigenvalue weighted by Crippen LogP contribution is -2.09. The highest BCUT2D eigenvalue weighted by atomic mass is 16.4. The molecular formula is C13H15NO8. The molecule has 0 spiro atoms. The maximum atomic E-state index is 10.4. The molecule has 4 N–H and O–H groups in total. The van der Waals surface area contributed by atoms with Crippen LogP contribution in [0, 0.1) is 0 Å². The predicted octanol–water partition coefficient (Wildman–Crippen LogP) is 1.19. The molecule has 1 heterocycles. The molecule has 0 aliphatic rings. The summed E-state index contributed by atoms with van der Waals surface area (Å²) in [6.45, 7) is 0. The van der Waals surface area contributed by atoms with Crippen LogP contribution in [0.25, 0.3) is 0 Å². The van der Waals surface area contributed by atoms with Crippen molar-refractivity contribution >= 4 is 23.9 Å². The van der Waals surface area contributed by atoms with Crippen LogP contribution in [0.5, 0.6) is 0 Å². The minimum Gasteiger partial charge on any atom is -0.481 e. The number of nitrogens with zero attached hydrogens (tertiary/aromatic N) is 1. The number of unbranched alkanes of at least 4 members (excludes halogenated alkanes) is 1. The van der Waals surface area contributed by atoms with Crippen molar-refractivity contribution in [1.82, 2.24) is 4.98 Å². The Labute approximate surface area is 124 Å². The fourth-order valence-corrected chi connectivity index (χ4v) is 1.30. The van der Waals surface area contributed by atoms with Crippen LogP contribution < -0.4 is 0 Å². The summed E-state index contributed by atoms with van der Waals surface area (Å²) in [5.74, 6) is -4.37. The fourth-order valence-electron chi connectivity index (χ4n) is 1.30. The van der Waals surface area contributed by atoms with Gasteiger partial charge in [0.2, 0.25) is 0 Å². The van der Waals surface area contributed by atoms with Gasteiger partial charge in [0.1, 0.15) is 0 Å². The van der Waals surface area contributed by atoms with E-state index in [1.807, 2.05) is 0 Å². The Balaban J connectivity index is 0.000000409. The van der Waals surface area contributed by atoms with Gasteiger partial charge >= 0.3 is 23.9 Å². The third kappa shape index (κ3) is 8.25. The summed E-state index contributed by atoms with van der Waals surface area (Å²) in [5, 5.41) is 33.3. The summed E-state index contributed by atoms with van der Waals surface area (Å²) >= 11 is 0. The lowest BCUT2D eigenvalue weighted by molar-refractivity contribution is -0.139. The minimum atomic E-state index is -1.34. The number of carbonyl (C=O) groups is 4.